The van der Waals surface area contributed by atoms with E-state index in [1.54, 1.807) is 0 Å². The van der Waals surface area contributed by atoms with Crippen LogP contribution >= 0.6 is 0 Å². The Balaban J connectivity index is 1.52. The number of aromatic nitrogens is 3. The molecule has 0 unspecified atom stereocenters. The number of carbonyl (C=O) groups is 1. The fraction of sp³-hybridized carbons (Fsp3) is 0.333. The normalized spacial score (nSPS) is 17.3. The molecular weight excluding hydrogens is 294 g/mol. The third-order valence-electron chi connectivity index (χ3n) is 4.06. The van der Waals surface area contributed by atoms with Crippen molar-refractivity contribution in [2.75, 3.05) is 53.2 Å². The van der Waals surface area contributed by atoms with Crippen molar-refractivity contribution in [3.05, 3.63) is 30.7 Å². The second-order valence-electron chi connectivity index (χ2n) is 5.48. The molecule has 2 aliphatic heterocycles. The van der Waals surface area contributed by atoms with Gasteiger partial charge in [0.1, 0.15) is 17.8 Å². The molecule has 0 spiro atoms. The number of piperazine rings is 1. The summed E-state index contributed by atoms with van der Waals surface area (Å²) >= 11 is 0. The first-order chi connectivity index (χ1) is 11.3. The highest BCUT2D eigenvalue weighted by atomic mass is 16.2. The quantitative estimate of drug-likeness (QED) is 0.838. The van der Waals surface area contributed by atoms with Crippen LogP contribution in [0.1, 0.15) is 0 Å². The number of fused-ring (bicyclic) bond motifs is 1. The summed E-state index contributed by atoms with van der Waals surface area (Å²) in [6, 6.07) is 5.94. The van der Waals surface area contributed by atoms with E-state index in [1.165, 1.54) is 6.33 Å². The molecule has 2 N–H and O–H groups in total. The summed E-state index contributed by atoms with van der Waals surface area (Å²) in [5.41, 5.74) is 0.676. The SMILES string of the molecule is O=C1CNc2ncnc(N3CCN(c4ccccn4)CC3)c2N1. The van der Waals surface area contributed by atoms with Crippen molar-refractivity contribution in [3.63, 3.8) is 0 Å². The van der Waals surface area contributed by atoms with E-state index in [1.807, 2.05) is 24.4 Å². The number of hydrogen-bond acceptors (Lipinski definition) is 7. The number of nitrogens with one attached hydrogen (secondary N) is 2. The maximum Gasteiger partial charge on any atom is 0.243 e. The van der Waals surface area contributed by atoms with Gasteiger partial charge in [-0.15, -0.1) is 0 Å². The van der Waals surface area contributed by atoms with E-state index in [-0.39, 0.29) is 12.5 Å². The predicted molar refractivity (Wildman–Crippen MR) is 87.8 cm³/mol. The fourth-order valence-electron chi connectivity index (χ4n) is 2.90. The molecule has 0 radical (unpaired) electrons. The number of pyridine rings is 1. The molecule has 0 atom stereocenters. The minimum atomic E-state index is -0.0688. The van der Waals surface area contributed by atoms with Crippen LogP contribution < -0.4 is 20.4 Å². The summed E-state index contributed by atoms with van der Waals surface area (Å²) in [5.74, 6) is 2.38. The van der Waals surface area contributed by atoms with Crippen molar-refractivity contribution in [1.29, 1.82) is 0 Å². The van der Waals surface area contributed by atoms with Crippen molar-refractivity contribution < 1.29 is 4.79 Å². The van der Waals surface area contributed by atoms with E-state index in [4.69, 9.17) is 0 Å². The van der Waals surface area contributed by atoms with Crippen molar-refractivity contribution in [2.45, 2.75) is 0 Å². The Bertz CT molecular complexity index is 713. The van der Waals surface area contributed by atoms with Gasteiger partial charge < -0.3 is 20.4 Å². The summed E-state index contributed by atoms with van der Waals surface area (Å²) in [6.07, 6.45) is 3.34. The Morgan fingerprint density at radius 2 is 1.83 bits per heavy atom. The molecule has 118 valence electrons. The molecule has 2 aliphatic rings. The standard InChI is InChI=1S/C15H17N7O/c23-12-9-17-14-13(20-12)15(19-10-18-14)22-7-5-21(6-8-22)11-3-1-2-4-16-11/h1-4,10H,5-9H2,(H,20,23)(H,17,18,19). The molecule has 2 aromatic rings. The summed E-state index contributed by atoms with van der Waals surface area (Å²) in [6.45, 7) is 3.59. The van der Waals surface area contributed by atoms with Gasteiger partial charge in [-0.25, -0.2) is 15.0 Å². The van der Waals surface area contributed by atoms with Gasteiger partial charge in [-0.2, -0.15) is 0 Å². The van der Waals surface area contributed by atoms with Gasteiger partial charge in [-0.3, -0.25) is 4.79 Å². The maximum atomic E-state index is 11.6. The smallest absolute Gasteiger partial charge is 0.243 e. The molecule has 1 amide bonds. The highest BCUT2D eigenvalue weighted by Gasteiger charge is 2.25. The van der Waals surface area contributed by atoms with Gasteiger partial charge in [-0.05, 0) is 12.1 Å². The van der Waals surface area contributed by atoms with Gasteiger partial charge in [0, 0.05) is 32.4 Å². The summed E-state index contributed by atoms with van der Waals surface area (Å²) in [7, 11) is 0. The molecule has 8 nitrogen and oxygen atoms in total. The predicted octanol–water partition coefficient (Wildman–Crippen LogP) is 0.562. The molecule has 4 rings (SSSR count). The Kier molecular flexibility index (Phi) is 3.41. The lowest BCUT2D eigenvalue weighted by molar-refractivity contribution is -0.114. The number of carbonyl (C=O) groups excluding carboxylic acids is 1. The van der Waals surface area contributed by atoms with Crippen LogP contribution in [0.25, 0.3) is 0 Å². The lowest BCUT2D eigenvalue weighted by atomic mass is 10.2. The summed E-state index contributed by atoms with van der Waals surface area (Å²) in [5, 5.41) is 5.89. The Morgan fingerprint density at radius 3 is 2.61 bits per heavy atom. The molecule has 0 aliphatic carbocycles. The minimum absolute atomic E-state index is 0.0688. The van der Waals surface area contributed by atoms with Crippen LogP contribution in [0.2, 0.25) is 0 Å². The van der Waals surface area contributed by atoms with Gasteiger partial charge in [0.2, 0.25) is 5.91 Å². The lowest BCUT2D eigenvalue weighted by Crippen LogP contribution is -2.47. The first-order valence-electron chi connectivity index (χ1n) is 7.61. The highest BCUT2D eigenvalue weighted by Crippen LogP contribution is 2.32. The minimum Gasteiger partial charge on any atom is -0.359 e. The number of rotatable bonds is 2. The molecule has 0 aromatic carbocycles. The van der Waals surface area contributed by atoms with E-state index < -0.39 is 0 Å². The Hall–Kier alpha value is -2.90. The van der Waals surface area contributed by atoms with Crippen LogP contribution in [0, 0.1) is 0 Å². The maximum absolute atomic E-state index is 11.6. The molecule has 1 fully saturated rings. The van der Waals surface area contributed by atoms with Crippen LogP contribution in [0.3, 0.4) is 0 Å². The second kappa shape index (κ2) is 5.71. The zero-order valence-electron chi connectivity index (χ0n) is 12.6. The number of nitrogens with zero attached hydrogens (tertiary/aromatic N) is 5. The van der Waals surface area contributed by atoms with Crippen molar-refractivity contribution in [1.82, 2.24) is 15.0 Å². The Labute approximate surface area is 133 Å². The Morgan fingerprint density at radius 1 is 1.00 bits per heavy atom. The number of amides is 1. The first kappa shape index (κ1) is 13.7. The summed E-state index contributed by atoms with van der Waals surface area (Å²) < 4.78 is 0. The van der Waals surface area contributed by atoms with Crippen LogP contribution in [0.15, 0.2) is 30.7 Å². The molecule has 0 bridgehead atoms. The van der Waals surface area contributed by atoms with E-state index in [0.29, 0.717) is 11.5 Å². The zero-order chi connectivity index (χ0) is 15.6. The summed E-state index contributed by atoms with van der Waals surface area (Å²) in [4.78, 5) is 29.0. The largest absolute Gasteiger partial charge is 0.359 e. The van der Waals surface area contributed by atoms with Crippen molar-refractivity contribution in [2.24, 2.45) is 0 Å². The topological polar surface area (TPSA) is 86.3 Å². The molecule has 8 heteroatoms. The lowest BCUT2D eigenvalue weighted by Gasteiger charge is -2.37. The van der Waals surface area contributed by atoms with Crippen LogP contribution in [-0.4, -0.2) is 53.6 Å². The van der Waals surface area contributed by atoms with E-state index in [2.05, 4.69) is 35.4 Å². The van der Waals surface area contributed by atoms with Crippen LogP contribution in [0.5, 0.6) is 0 Å². The van der Waals surface area contributed by atoms with Gasteiger partial charge in [-0.1, -0.05) is 6.07 Å². The number of hydrogen-bond donors (Lipinski definition) is 2. The monoisotopic (exact) mass is 311 g/mol. The highest BCUT2D eigenvalue weighted by molar-refractivity contribution is 6.02. The zero-order valence-corrected chi connectivity index (χ0v) is 12.6. The van der Waals surface area contributed by atoms with Gasteiger partial charge in [0.15, 0.2) is 11.6 Å². The van der Waals surface area contributed by atoms with Crippen molar-refractivity contribution in [3.8, 4) is 0 Å². The van der Waals surface area contributed by atoms with Crippen molar-refractivity contribution >= 4 is 29.0 Å². The molecule has 1 saturated heterocycles. The first-order valence-corrected chi connectivity index (χ1v) is 7.61. The average Bonchev–Trinajstić information content (AvgIpc) is 2.62. The number of anilines is 4. The molecule has 23 heavy (non-hydrogen) atoms. The third kappa shape index (κ3) is 2.63. The van der Waals surface area contributed by atoms with Crippen LogP contribution in [-0.2, 0) is 4.79 Å². The fourth-order valence-corrected chi connectivity index (χ4v) is 2.90. The van der Waals surface area contributed by atoms with Gasteiger partial charge in [0.25, 0.3) is 0 Å². The molecule has 0 saturated carbocycles. The van der Waals surface area contributed by atoms with Gasteiger partial charge in [0.05, 0.1) is 6.54 Å². The van der Waals surface area contributed by atoms with Gasteiger partial charge >= 0.3 is 0 Å². The third-order valence-corrected chi connectivity index (χ3v) is 4.06. The van der Waals surface area contributed by atoms with E-state index in [0.717, 1.165) is 37.8 Å². The van der Waals surface area contributed by atoms with E-state index in [9.17, 15) is 4.79 Å². The second-order valence-corrected chi connectivity index (χ2v) is 5.48. The molecule has 2 aromatic heterocycles. The van der Waals surface area contributed by atoms with Crippen LogP contribution in [0.4, 0.5) is 23.1 Å². The molecule has 4 heterocycles. The average molecular weight is 311 g/mol. The van der Waals surface area contributed by atoms with E-state index >= 15 is 0 Å². The molecular formula is C15H17N7O.